The van der Waals surface area contributed by atoms with E-state index in [1.165, 1.54) is 60.5 Å². The van der Waals surface area contributed by atoms with Crippen LogP contribution in [-0.4, -0.2) is 43.2 Å². The summed E-state index contributed by atoms with van der Waals surface area (Å²) in [5, 5.41) is 3.69. The lowest BCUT2D eigenvalue weighted by molar-refractivity contribution is 0.282. The van der Waals surface area contributed by atoms with E-state index in [0.717, 1.165) is 50.8 Å². The third-order valence-corrected chi connectivity index (χ3v) is 7.55. The van der Waals surface area contributed by atoms with Crippen molar-refractivity contribution in [3.63, 3.8) is 0 Å². The highest BCUT2D eigenvalue weighted by Crippen LogP contribution is 2.34. The molecule has 0 unspecified atom stereocenters. The van der Waals surface area contributed by atoms with Gasteiger partial charge in [0.2, 0.25) is 0 Å². The van der Waals surface area contributed by atoms with Gasteiger partial charge in [-0.3, -0.25) is 4.90 Å². The van der Waals surface area contributed by atoms with Crippen molar-refractivity contribution in [3.05, 3.63) is 39.8 Å². The SMILES string of the molecule is CCc1ccc(OC)c(N2CCCN(Cc3csc(C4CCCCC4)n3)CC2)c1. The number of nitrogens with zero attached hydrogens (tertiary/aromatic N) is 3. The molecule has 5 heteroatoms. The van der Waals surface area contributed by atoms with Gasteiger partial charge in [0, 0.05) is 44.0 Å². The van der Waals surface area contributed by atoms with Crippen LogP contribution in [-0.2, 0) is 13.0 Å². The summed E-state index contributed by atoms with van der Waals surface area (Å²) >= 11 is 1.89. The highest BCUT2D eigenvalue weighted by Gasteiger charge is 2.21. The second kappa shape index (κ2) is 9.94. The van der Waals surface area contributed by atoms with Gasteiger partial charge in [0.15, 0.2) is 0 Å². The Labute approximate surface area is 179 Å². The zero-order valence-corrected chi connectivity index (χ0v) is 18.8. The van der Waals surface area contributed by atoms with Crippen molar-refractivity contribution in [2.75, 3.05) is 38.2 Å². The monoisotopic (exact) mass is 413 g/mol. The summed E-state index contributed by atoms with van der Waals surface area (Å²) < 4.78 is 5.66. The maximum atomic E-state index is 5.66. The number of ether oxygens (including phenoxy) is 1. The molecule has 29 heavy (non-hydrogen) atoms. The van der Waals surface area contributed by atoms with Crippen molar-refractivity contribution >= 4 is 17.0 Å². The predicted octanol–water partition coefficient (Wildman–Crippen LogP) is 5.47. The summed E-state index contributed by atoms with van der Waals surface area (Å²) in [5.74, 6) is 1.72. The number of hydrogen-bond acceptors (Lipinski definition) is 5. The van der Waals surface area contributed by atoms with Gasteiger partial charge in [0.25, 0.3) is 0 Å². The van der Waals surface area contributed by atoms with Crippen LogP contribution in [0.3, 0.4) is 0 Å². The molecule has 2 aliphatic rings. The summed E-state index contributed by atoms with van der Waals surface area (Å²) in [6.45, 7) is 7.56. The number of benzene rings is 1. The molecule has 0 spiro atoms. The fourth-order valence-electron chi connectivity index (χ4n) is 4.73. The highest BCUT2D eigenvalue weighted by molar-refractivity contribution is 7.09. The number of anilines is 1. The number of aromatic nitrogens is 1. The van der Waals surface area contributed by atoms with Crippen molar-refractivity contribution in [1.29, 1.82) is 0 Å². The fourth-order valence-corrected chi connectivity index (χ4v) is 5.72. The van der Waals surface area contributed by atoms with Crippen LogP contribution in [0.25, 0.3) is 0 Å². The predicted molar refractivity (Wildman–Crippen MR) is 122 cm³/mol. The molecule has 0 N–H and O–H groups in total. The minimum Gasteiger partial charge on any atom is -0.495 e. The first-order chi connectivity index (χ1) is 14.3. The minimum absolute atomic E-state index is 0.723. The molecule has 0 amide bonds. The van der Waals surface area contributed by atoms with Gasteiger partial charge in [-0.15, -0.1) is 11.3 Å². The Morgan fingerprint density at radius 1 is 1.07 bits per heavy atom. The van der Waals surface area contributed by atoms with E-state index in [4.69, 9.17) is 9.72 Å². The summed E-state index contributed by atoms with van der Waals surface area (Å²) in [6.07, 6.45) is 9.08. The molecule has 2 aromatic rings. The Morgan fingerprint density at radius 3 is 2.72 bits per heavy atom. The fraction of sp³-hybridized carbons (Fsp3) is 0.625. The van der Waals surface area contributed by atoms with Gasteiger partial charge in [-0.1, -0.05) is 32.3 Å². The quantitative estimate of drug-likeness (QED) is 0.627. The van der Waals surface area contributed by atoms with Crippen LogP contribution in [0.15, 0.2) is 23.6 Å². The largest absolute Gasteiger partial charge is 0.495 e. The summed E-state index contributed by atoms with van der Waals surface area (Å²) in [6, 6.07) is 6.61. The second-order valence-electron chi connectivity index (χ2n) is 8.49. The molecule has 4 rings (SSSR count). The highest BCUT2D eigenvalue weighted by atomic mass is 32.1. The number of aryl methyl sites for hydroxylation is 1. The van der Waals surface area contributed by atoms with E-state index in [2.05, 4.69) is 40.3 Å². The summed E-state index contributed by atoms with van der Waals surface area (Å²) in [4.78, 5) is 10.1. The topological polar surface area (TPSA) is 28.6 Å². The van der Waals surface area contributed by atoms with Gasteiger partial charge in [-0.25, -0.2) is 4.98 Å². The van der Waals surface area contributed by atoms with Crippen LogP contribution in [0.1, 0.15) is 67.6 Å². The Kier molecular flexibility index (Phi) is 7.09. The molecule has 1 aromatic carbocycles. The summed E-state index contributed by atoms with van der Waals surface area (Å²) in [7, 11) is 1.78. The number of thiazole rings is 1. The average molecular weight is 414 g/mol. The van der Waals surface area contributed by atoms with E-state index in [1.807, 2.05) is 11.3 Å². The van der Waals surface area contributed by atoms with Crippen LogP contribution in [0, 0.1) is 0 Å². The minimum atomic E-state index is 0.723. The molecular weight excluding hydrogens is 378 g/mol. The molecule has 1 aromatic heterocycles. The molecule has 158 valence electrons. The van der Waals surface area contributed by atoms with Crippen LogP contribution in [0.4, 0.5) is 5.69 Å². The third-order valence-electron chi connectivity index (χ3n) is 6.49. The standard InChI is InChI=1S/C24H35N3OS/c1-3-19-10-11-23(28-2)22(16-19)27-13-7-12-26(14-15-27)17-21-18-29-24(25-21)20-8-5-4-6-9-20/h10-11,16,18,20H,3-9,12-15,17H2,1-2H3. The molecule has 2 fully saturated rings. The van der Waals surface area contributed by atoms with Crippen LogP contribution < -0.4 is 9.64 Å². The lowest BCUT2D eigenvalue weighted by Gasteiger charge is -2.25. The lowest BCUT2D eigenvalue weighted by atomic mass is 9.90. The maximum absolute atomic E-state index is 5.66. The van der Waals surface area contributed by atoms with Crippen LogP contribution in [0.5, 0.6) is 5.75 Å². The van der Waals surface area contributed by atoms with E-state index in [-0.39, 0.29) is 0 Å². The van der Waals surface area contributed by atoms with Gasteiger partial charge in [0.05, 0.1) is 23.5 Å². The van der Waals surface area contributed by atoms with E-state index in [0.29, 0.717) is 0 Å². The molecule has 4 nitrogen and oxygen atoms in total. The van der Waals surface area contributed by atoms with Gasteiger partial charge in [-0.2, -0.15) is 0 Å². The second-order valence-corrected chi connectivity index (χ2v) is 9.38. The van der Waals surface area contributed by atoms with E-state index in [1.54, 1.807) is 7.11 Å². The molecule has 2 heterocycles. The van der Waals surface area contributed by atoms with Gasteiger partial charge >= 0.3 is 0 Å². The normalized spacial score (nSPS) is 19.3. The number of methoxy groups -OCH3 is 1. The van der Waals surface area contributed by atoms with Crippen molar-refractivity contribution in [2.45, 2.75) is 64.3 Å². The van der Waals surface area contributed by atoms with Gasteiger partial charge in [0.1, 0.15) is 5.75 Å². The van der Waals surface area contributed by atoms with Crippen LogP contribution in [0.2, 0.25) is 0 Å². The first-order valence-corrected chi connectivity index (χ1v) is 12.2. The molecule has 1 saturated heterocycles. The smallest absolute Gasteiger partial charge is 0.142 e. The van der Waals surface area contributed by atoms with Crippen LogP contribution >= 0.6 is 11.3 Å². The Morgan fingerprint density at radius 2 is 1.93 bits per heavy atom. The first kappa shape index (κ1) is 20.7. The van der Waals surface area contributed by atoms with E-state index < -0.39 is 0 Å². The average Bonchev–Trinajstić information content (AvgIpc) is 3.12. The van der Waals surface area contributed by atoms with E-state index in [9.17, 15) is 0 Å². The van der Waals surface area contributed by atoms with Crippen molar-refractivity contribution in [1.82, 2.24) is 9.88 Å². The first-order valence-electron chi connectivity index (χ1n) is 11.4. The zero-order chi connectivity index (χ0) is 20.1. The summed E-state index contributed by atoms with van der Waals surface area (Å²) in [5.41, 5.74) is 3.90. The molecule has 0 radical (unpaired) electrons. The molecule has 0 bridgehead atoms. The van der Waals surface area contributed by atoms with Crippen molar-refractivity contribution < 1.29 is 4.74 Å². The molecular formula is C24H35N3OS. The van der Waals surface area contributed by atoms with E-state index >= 15 is 0 Å². The molecule has 1 saturated carbocycles. The lowest BCUT2D eigenvalue weighted by Crippen LogP contribution is -2.30. The Balaban J connectivity index is 1.38. The molecule has 0 atom stereocenters. The van der Waals surface area contributed by atoms with Gasteiger partial charge < -0.3 is 9.64 Å². The number of hydrogen-bond donors (Lipinski definition) is 0. The third kappa shape index (κ3) is 5.13. The molecule has 1 aliphatic carbocycles. The maximum Gasteiger partial charge on any atom is 0.142 e. The number of rotatable bonds is 6. The Hall–Kier alpha value is -1.59. The Bertz CT molecular complexity index is 784. The van der Waals surface area contributed by atoms with Gasteiger partial charge in [-0.05, 0) is 43.4 Å². The van der Waals surface area contributed by atoms with Crippen molar-refractivity contribution in [3.8, 4) is 5.75 Å². The van der Waals surface area contributed by atoms with Crippen molar-refractivity contribution in [2.24, 2.45) is 0 Å². The zero-order valence-electron chi connectivity index (χ0n) is 18.0. The molecule has 1 aliphatic heterocycles.